The van der Waals surface area contributed by atoms with E-state index in [4.69, 9.17) is 0 Å². The standard InChI is InChI=1S/C4H10O3.C2H4/c1-3-5-7-6-4-2;1-2/h3-4H2,1-2H3;1-2H2. The van der Waals surface area contributed by atoms with E-state index in [-0.39, 0.29) is 0 Å². The van der Waals surface area contributed by atoms with Crippen LogP contribution in [0, 0.1) is 0 Å². The molecule has 0 N–H and O–H groups in total. The van der Waals surface area contributed by atoms with E-state index in [1.807, 2.05) is 13.8 Å². The molecule has 3 nitrogen and oxygen atoms in total. The predicted molar refractivity (Wildman–Crippen MR) is 35.6 cm³/mol. The predicted octanol–water partition coefficient (Wildman–Crippen LogP) is 1.71. The summed E-state index contributed by atoms with van der Waals surface area (Å²) in [5.41, 5.74) is 0. The van der Waals surface area contributed by atoms with Crippen molar-refractivity contribution >= 4 is 0 Å². The summed E-state index contributed by atoms with van der Waals surface area (Å²) in [4.78, 5) is 8.70. The van der Waals surface area contributed by atoms with Crippen LogP contribution >= 0.6 is 0 Å². The zero-order valence-electron chi connectivity index (χ0n) is 6.05. The molecule has 0 rings (SSSR count). The fourth-order valence-electron chi connectivity index (χ4n) is 0.130. The largest absolute Gasteiger partial charge is 0.206 e. The van der Waals surface area contributed by atoms with Crippen molar-refractivity contribution in [1.82, 2.24) is 0 Å². The quantitative estimate of drug-likeness (QED) is 0.253. The molecule has 0 heterocycles. The third-order valence-corrected chi connectivity index (χ3v) is 0.332. The van der Waals surface area contributed by atoms with Crippen molar-refractivity contribution in [3.63, 3.8) is 0 Å². The fourth-order valence-corrected chi connectivity index (χ4v) is 0.130. The van der Waals surface area contributed by atoms with Gasteiger partial charge in [0, 0.05) is 0 Å². The van der Waals surface area contributed by atoms with Gasteiger partial charge in [0.25, 0.3) is 0 Å². The van der Waals surface area contributed by atoms with Crippen molar-refractivity contribution in [3.8, 4) is 0 Å². The van der Waals surface area contributed by atoms with Gasteiger partial charge in [0.05, 0.1) is 13.2 Å². The Bertz CT molecular complexity index is 35.3. The molecule has 0 aliphatic rings. The van der Waals surface area contributed by atoms with E-state index in [9.17, 15) is 0 Å². The number of rotatable bonds is 4. The molecular weight excluding hydrogens is 120 g/mol. The Balaban J connectivity index is 0. The lowest BCUT2D eigenvalue weighted by Gasteiger charge is -1.94. The number of hydrogen-bond donors (Lipinski definition) is 0. The van der Waals surface area contributed by atoms with Crippen LogP contribution in [0.3, 0.4) is 0 Å². The minimum absolute atomic E-state index is 0.514. The number of hydrogen-bond acceptors (Lipinski definition) is 3. The normalized spacial score (nSPS) is 7.78. The molecule has 0 saturated heterocycles. The maximum Gasteiger partial charge on any atom is 0.0825 e. The minimum atomic E-state index is 0.514. The molecule has 0 aromatic rings. The lowest BCUT2D eigenvalue weighted by molar-refractivity contribution is -0.509. The summed E-state index contributed by atoms with van der Waals surface area (Å²) in [5, 5.41) is 4.13. The summed E-state index contributed by atoms with van der Waals surface area (Å²) < 4.78 is 0. The average Bonchev–Trinajstić information content (AvgIpc) is 1.94. The van der Waals surface area contributed by atoms with E-state index in [1.54, 1.807) is 0 Å². The van der Waals surface area contributed by atoms with Gasteiger partial charge in [0.15, 0.2) is 0 Å². The zero-order valence-corrected chi connectivity index (χ0v) is 6.05. The molecule has 0 bridgehead atoms. The Morgan fingerprint density at radius 3 is 1.56 bits per heavy atom. The molecule has 0 spiro atoms. The monoisotopic (exact) mass is 134 g/mol. The van der Waals surface area contributed by atoms with Crippen molar-refractivity contribution in [3.05, 3.63) is 13.2 Å². The molecular formula is C6H14O3. The van der Waals surface area contributed by atoms with E-state index in [2.05, 4.69) is 28.0 Å². The van der Waals surface area contributed by atoms with E-state index in [0.29, 0.717) is 13.2 Å². The van der Waals surface area contributed by atoms with Crippen LogP contribution < -0.4 is 0 Å². The van der Waals surface area contributed by atoms with Gasteiger partial charge in [-0.2, -0.15) is 0 Å². The Morgan fingerprint density at radius 2 is 1.33 bits per heavy atom. The van der Waals surface area contributed by atoms with Gasteiger partial charge >= 0.3 is 0 Å². The van der Waals surface area contributed by atoms with Crippen molar-refractivity contribution in [2.24, 2.45) is 0 Å². The Kier molecular flexibility index (Phi) is 19.9. The van der Waals surface area contributed by atoms with Gasteiger partial charge in [0.2, 0.25) is 0 Å². The summed E-state index contributed by atoms with van der Waals surface area (Å²) in [6.45, 7) is 10.7. The van der Waals surface area contributed by atoms with Crippen LogP contribution in [-0.4, -0.2) is 13.2 Å². The third-order valence-electron chi connectivity index (χ3n) is 0.332. The maximum atomic E-state index is 4.35. The molecule has 0 saturated carbocycles. The highest BCUT2D eigenvalue weighted by molar-refractivity contribution is 4.22. The van der Waals surface area contributed by atoms with E-state index in [0.717, 1.165) is 0 Å². The molecule has 0 atom stereocenters. The highest BCUT2D eigenvalue weighted by Gasteiger charge is 1.77. The minimum Gasteiger partial charge on any atom is -0.206 e. The summed E-state index contributed by atoms with van der Waals surface area (Å²) in [5.74, 6) is 0. The van der Waals surface area contributed by atoms with Gasteiger partial charge < -0.3 is 0 Å². The van der Waals surface area contributed by atoms with E-state index in [1.165, 1.54) is 0 Å². The molecule has 0 aromatic carbocycles. The molecule has 56 valence electrons. The van der Waals surface area contributed by atoms with Crippen molar-refractivity contribution in [2.75, 3.05) is 13.2 Å². The lowest BCUT2D eigenvalue weighted by atomic mass is 10.9. The van der Waals surface area contributed by atoms with Crippen LogP contribution in [0.25, 0.3) is 0 Å². The van der Waals surface area contributed by atoms with Crippen molar-refractivity contribution in [1.29, 1.82) is 0 Å². The molecule has 0 fully saturated rings. The van der Waals surface area contributed by atoms with Gasteiger partial charge in [-0.05, 0) is 13.8 Å². The Labute approximate surface area is 56.1 Å². The second-order valence-corrected chi connectivity index (χ2v) is 0.881. The first kappa shape index (κ1) is 11.4. The SMILES string of the molecule is C=C.CCOOOCC. The highest BCUT2D eigenvalue weighted by Crippen LogP contribution is 1.77. The summed E-state index contributed by atoms with van der Waals surface area (Å²) >= 11 is 0. The Hall–Kier alpha value is -0.380. The molecule has 0 amide bonds. The first-order valence-corrected chi connectivity index (χ1v) is 2.82. The van der Waals surface area contributed by atoms with Gasteiger partial charge in [-0.15, -0.1) is 13.2 Å². The maximum absolute atomic E-state index is 4.35. The second-order valence-electron chi connectivity index (χ2n) is 0.881. The molecule has 0 unspecified atom stereocenters. The molecule has 0 aliphatic heterocycles. The van der Waals surface area contributed by atoms with Crippen LogP contribution in [0.2, 0.25) is 0 Å². The summed E-state index contributed by atoms with van der Waals surface area (Å²) in [7, 11) is 0. The zero-order chi connectivity index (χ0) is 7.54. The van der Waals surface area contributed by atoms with Crippen LogP contribution in [0.5, 0.6) is 0 Å². The molecule has 3 heteroatoms. The van der Waals surface area contributed by atoms with Crippen molar-refractivity contribution in [2.45, 2.75) is 13.8 Å². The highest BCUT2D eigenvalue weighted by atomic mass is 17.5. The Morgan fingerprint density at radius 1 is 1.00 bits per heavy atom. The van der Waals surface area contributed by atoms with Crippen LogP contribution in [-0.2, 0) is 14.8 Å². The third kappa shape index (κ3) is 18.4. The lowest BCUT2D eigenvalue weighted by Crippen LogP contribution is -1.94. The van der Waals surface area contributed by atoms with E-state index >= 15 is 0 Å². The summed E-state index contributed by atoms with van der Waals surface area (Å²) in [6, 6.07) is 0. The average molecular weight is 134 g/mol. The van der Waals surface area contributed by atoms with Crippen molar-refractivity contribution < 1.29 is 14.8 Å². The van der Waals surface area contributed by atoms with Gasteiger partial charge in [-0.1, -0.05) is 5.04 Å². The molecule has 0 aliphatic carbocycles. The van der Waals surface area contributed by atoms with Gasteiger partial charge in [-0.25, -0.2) is 9.78 Å². The fraction of sp³-hybridized carbons (Fsp3) is 0.667. The molecule has 0 aromatic heterocycles. The molecule has 9 heavy (non-hydrogen) atoms. The first-order chi connectivity index (χ1) is 4.41. The molecule has 0 radical (unpaired) electrons. The summed E-state index contributed by atoms with van der Waals surface area (Å²) in [6.07, 6.45) is 0. The topological polar surface area (TPSA) is 27.7 Å². The second kappa shape index (κ2) is 15.6. The van der Waals surface area contributed by atoms with Crippen LogP contribution in [0.15, 0.2) is 13.2 Å². The van der Waals surface area contributed by atoms with Crippen LogP contribution in [0.1, 0.15) is 13.8 Å². The van der Waals surface area contributed by atoms with Gasteiger partial charge in [-0.3, -0.25) is 0 Å². The first-order valence-electron chi connectivity index (χ1n) is 2.82. The van der Waals surface area contributed by atoms with E-state index < -0.39 is 0 Å². The van der Waals surface area contributed by atoms with Gasteiger partial charge in [0.1, 0.15) is 0 Å². The smallest absolute Gasteiger partial charge is 0.0825 e. The van der Waals surface area contributed by atoms with Crippen LogP contribution in [0.4, 0.5) is 0 Å².